The number of carbonyl (C=O) groups excluding carboxylic acids is 2. The number of nitrogens with zero attached hydrogens (tertiary/aromatic N) is 1. The lowest BCUT2D eigenvalue weighted by molar-refractivity contribution is -0.140. The number of nitrogens with one attached hydrogen (secondary N) is 1. The first kappa shape index (κ1) is 22.6. The highest BCUT2D eigenvalue weighted by atomic mass is 16.5. The van der Waals surface area contributed by atoms with Gasteiger partial charge in [-0.15, -0.1) is 0 Å². The molecule has 2 aromatic carbocycles. The molecule has 1 amide bonds. The van der Waals surface area contributed by atoms with Gasteiger partial charge in [0.05, 0.1) is 24.8 Å². The number of aliphatic hydroxyl groups excluding tert-OH is 1. The molecular weight excluding hydrogens is 420 g/mol. The molecule has 1 aliphatic rings. The number of ether oxygens (including phenoxy) is 2. The Hall–Kier alpha value is -3.58. The third-order valence-corrected chi connectivity index (χ3v) is 5.79. The average Bonchev–Trinajstić information content (AvgIpc) is 3.36. The molecule has 7 heteroatoms. The number of aliphatic hydroxyl groups is 1. The standard InChI is InChI=1S/C26H28N2O5/c1-16(2)33-13-7-12-28-23(17-8-6-9-18(14-17)32-3)22(25(30)26(28)31)24(29)20-15-27-21-11-5-4-10-19(20)21/h4-6,8-11,14-16,23,27,29H,7,12-13H2,1-3H3/b24-22-. The summed E-state index contributed by atoms with van der Waals surface area (Å²) >= 11 is 0. The molecule has 33 heavy (non-hydrogen) atoms. The molecule has 0 spiro atoms. The van der Waals surface area contributed by atoms with E-state index in [2.05, 4.69) is 4.98 Å². The van der Waals surface area contributed by atoms with E-state index in [1.54, 1.807) is 25.4 Å². The number of amides is 1. The van der Waals surface area contributed by atoms with Crippen molar-refractivity contribution in [2.75, 3.05) is 20.3 Å². The van der Waals surface area contributed by atoms with Crippen LogP contribution in [0.4, 0.5) is 0 Å². The lowest BCUT2D eigenvalue weighted by Crippen LogP contribution is -2.31. The third-order valence-electron chi connectivity index (χ3n) is 5.79. The Kier molecular flexibility index (Phi) is 6.51. The third kappa shape index (κ3) is 4.36. The van der Waals surface area contributed by atoms with Gasteiger partial charge >= 0.3 is 0 Å². The van der Waals surface area contributed by atoms with Crippen LogP contribution in [0.15, 0.2) is 60.3 Å². The number of aromatic amines is 1. The van der Waals surface area contributed by atoms with Crippen LogP contribution >= 0.6 is 0 Å². The van der Waals surface area contributed by atoms with E-state index in [-0.39, 0.29) is 17.4 Å². The zero-order valence-corrected chi connectivity index (χ0v) is 19.0. The van der Waals surface area contributed by atoms with E-state index in [1.807, 2.05) is 50.2 Å². The summed E-state index contributed by atoms with van der Waals surface area (Å²) in [6.45, 7) is 4.69. The predicted octanol–water partition coefficient (Wildman–Crippen LogP) is 4.41. The molecule has 1 unspecified atom stereocenters. The van der Waals surface area contributed by atoms with Gasteiger partial charge in [-0.1, -0.05) is 30.3 Å². The van der Waals surface area contributed by atoms with Crippen LogP contribution in [-0.4, -0.2) is 53.0 Å². The highest BCUT2D eigenvalue weighted by molar-refractivity contribution is 6.46. The highest BCUT2D eigenvalue weighted by Crippen LogP contribution is 2.41. The average molecular weight is 449 g/mol. The second-order valence-electron chi connectivity index (χ2n) is 8.29. The van der Waals surface area contributed by atoms with Gasteiger partial charge in [0.25, 0.3) is 11.7 Å². The summed E-state index contributed by atoms with van der Waals surface area (Å²) in [4.78, 5) is 30.9. The Morgan fingerprint density at radius 1 is 1.15 bits per heavy atom. The van der Waals surface area contributed by atoms with Gasteiger partial charge in [-0.05, 0) is 44.0 Å². The predicted molar refractivity (Wildman–Crippen MR) is 126 cm³/mol. The molecule has 1 fully saturated rings. The van der Waals surface area contributed by atoms with Crippen molar-refractivity contribution in [3.63, 3.8) is 0 Å². The first-order valence-corrected chi connectivity index (χ1v) is 11.0. The fourth-order valence-corrected chi connectivity index (χ4v) is 4.24. The van der Waals surface area contributed by atoms with Gasteiger partial charge in [0, 0.05) is 35.8 Å². The van der Waals surface area contributed by atoms with E-state index in [0.29, 0.717) is 36.4 Å². The molecule has 0 bridgehead atoms. The van der Waals surface area contributed by atoms with Crippen LogP contribution in [0.25, 0.3) is 16.7 Å². The maximum Gasteiger partial charge on any atom is 0.295 e. The Bertz CT molecular complexity index is 1210. The summed E-state index contributed by atoms with van der Waals surface area (Å²) < 4.78 is 11.0. The van der Waals surface area contributed by atoms with Gasteiger partial charge in [-0.3, -0.25) is 9.59 Å². The molecule has 2 heterocycles. The van der Waals surface area contributed by atoms with Crippen molar-refractivity contribution in [1.29, 1.82) is 0 Å². The van der Waals surface area contributed by atoms with Crippen LogP contribution in [0, 0.1) is 0 Å². The molecule has 7 nitrogen and oxygen atoms in total. The van der Waals surface area contributed by atoms with Crippen LogP contribution in [0.5, 0.6) is 5.75 Å². The number of carbonyl (C=O) groups is 2. The highest BCUT2D eigenvalue weighted by Gasteiger charge is 2.46. The van der Waals surface area contributed by atoms with Crippen LogP contribution < -0.4 is 4.74 Å². The number of H-pyrrole nitrogens is 1. The van der Waals surface area contributed by atoms with Crippen molar-refractivity contribution in [3.8, 4) is 5.75 Å². The minimum Gasteiger partial charge on any atom is -0.507 e. The normalized spacial score (nSPS) is 17.9. The Morgan fingerprint density at radius 3 is 2.70 bits per heavy atom. The Labute approximate surface area is 192 Å². The van der Waals surface area contributed by atoms with Crippen molar-refractivity contribution in [2.24, 2.45) is 0 Å². The number of hydrogen-bond acceptors (Lipinski definition) is 5. The summed E-state index contributed by atoms with van der Waals surface area (Å²) in [5.74, 6) is -0.919. The van der Waals surface area contributed by atoms with Crippen molar-refractivity contribution in [3.05, 3.63) is 71.4 Å². The van der Waals surface area contributed by atoms with Gasteiger partial charge in [-0.2, -0.15) is 0 Å². The molecule has 0 aliphatic carbocycles. The summed E-state index contributed by atoms with van der Waals surface area (Å²) in [7, 11) is 1.56. The lowest BCUT2D eigenvalue weighted by Gasteiger charge is -2.25. The first-order chi connectivity index (χ1) is 15.9. The molecule has 1 aromatic heterocycles. The number of rotatable bonds is 8. The van der Waals surface area contributed by atoms with Gasteiger partial charge in [0.2, 0.25) is 0 Å². The van der Waals surface area contributed by atoms with Gasteiger partial charge < -0.3 is 24.5 Å². The van der Waals surface area contributed by atoms with Crippen LogP contribution in [0.1, 0.15) is 37.4 Å². The molecule has 172 valence electrons. The van der Waals surface area contributed by atoms with Crippen molar-refractivity contribution >= 4 is 28.4 Å². The number of likely N-dealkylation sites (tertiary alicyclic amines) is 1. The van der Waals surface area contributed by atoms with Crippen molar-refractivity contribution in [1.82, 2.24) is 9.88 Å². The zero-order chi connectivity index (χ0) is 23.5. The second-order valence-corrected chi connectivity index (χ2v) is 8.29. The summed E-state index contributed by atoms with van der Waals surface area (Å²) in [6, 6.07) is 14.0. The maximum atomic E-state index is 13.2. The summed E-state index contributed by atoms with van der Waals surface area (Å²) in [5.41, 5.74) is 2.08. The largest absolute Gasteiger partial charge is 0.507 e. The van der Waals surface area contributed by atoms with Crippen LogP contribution in [-0.2, 0) is 14.3 Å². The molecule has 0 saturated carbocycles. The van der Waals surface area contributed by atoms with E-state index in [4.69, 9.17) is 9.47 Å². The van der Waals surface area contributed by atoms with E-state index in [0.717, 1.165) is 10.9 Å². The minimum atomic E-state index is -0.729. The number of methoxy groups -OCH3 is 1. The van der Waals surface area contributed by atoms with Crippen molar-refractivity contribution < 1.29 is 24.2 Å². The monoisotopic (exact) mass is 448 g/mol. The van der Waals surface area contributed by atoms with Crippen molar-refractivity contribution in [2.45, 2.75) is 32.4 Å². The van der Waals surface area contributed by atoms with Crippen LogP contribution in [0.3, 0.4) is 0 Å². The number of aromatic nitrogens is 1. The smallest absolute Gasteiger partial charge is 0.295 e. The van der Waals surface area contributed by atoms with E-state index in [9.17, 15) is 14.7 Å². The minimum absolute atomic E-state index is 0.0720. The number of para-hydroxylation sites is 1. The molecule has 1 aliphatic heterocycles. The molecule has 1 saturated heterocycles. The molecule has 2 N–H and O–H groups in total. The molecule has 4 rings (SSSR count). The summed E-state index contributed by atoms with van der Waals surface area (Å²) in [6.07, 6.45) is 2.31. The Balaban J connectivity index is 1.80. The van der Waals surface area contributed by atoms with E-state index in [1.165, 1.54) is 4.90 Å². The fraction of sp³-hybridized carbons (Fsp3) is 0.308. The number of Topliss-reactive ketones (excluding diaryl/α,β-unsaturated/α-hetero) is 1. The fourth-order valence-electron chi connectivity index (χ4n) is 4.24. The number of benzene rings is 2. The van der Waals surface area contributed by atoms with E-state index >= 15 is 0 Å². The SMILES string of the molecule is COc1cccc(C2/C(=C(/O)c3c[nH]c4ccccc34)C(=O)C(=O)N2CCCOC(C)C)c1. The van der Waals surface area contributed by atoms with Gasteiger partial charge in [-0.25, -0.2) is 0 Å². The topological polar surface area (TPSA) is 91.9 Å². The van der Waals surface area contributed by atoms with Gasteiger partial charge in [0.15, 0.2) is 0 Å². The first-order valence-electron chi connectivity index (χ1n) is 11.0. The lowest BCUT2D eigenvalue weighted by atomic mass is 9.95. The second kappa shape index (κ2) is 9.50. The molecule has 3 aromatic rings. The number of hydrogen-bond donors (Lipinski definition) is 2. The summed E-state index contributed by atoms with van der Waals surface area (Å²) in [5, 5.41) is 12.1. The number of fused-ring (bicyclic) bond motifs is 1. The quantitative estimate of drug-likeness (QED) is 0.230. The van der Waals surface area contributed by atoms with Crippen LogP contribution in [0.2, 0.25) is 0 Å². The molecular formula is C26H28N2O5. The zero-order valence-electron chi connectivity index (χ0n) is 19.0. The maximum absolute atomic E-state index is 13.2. The molecule has 1 atom stereocenters. The van der Waals surface area contributed by atoms with Gasteiger partial charge in [0.1, 0.15) is 11.5 Å². The molecule has 0 radical (unpaired) electrons. The number of ketones is 1. The Morgan fingerprint density at radius 2 is 1.94 bits per heavy atom. The van der Waals surface area contributed by atoms with E-state index < -0.39 is 17.7 Å².